The smallest absolute Gasteiger partial charge is 0.139 e. The van der Waals surface area contributed by atoms with Crippen molar-refractivity contribution in [2.45, 2.75) is 26.3 Å². The Balaban J connectivity index is 2.86. The molecule has 1 unspecified atom stereocenters. The van der Waals surface area contributed by atoms with Crippen LogP contribution in [0, 0.1) is 11.7 Å². The van der Waals surface area contributed by atoms with Crippen LogP contribution in [0.2, 0.25) is 0 Å². The van der Waals surface area contributed by atoms with E-state index in [0.717, 1.165) is 18.7 Å². The lowest BCUT2D eigenvalue weighted by Gasteiger charge is -2.25. The van der Waals surface area contributed by atoms with Gasteiger partial charge in [-0.05, 0) is 48.4 Å². The molecule has 0 spiro atoms. The predicted octanol–water partition coefficient (Wildman–Crippen LogP) is 3.56. The summed E-state index contributed by atoms with van der Waals surface area (Å²) in [5.41, 5.74) is 7.08. The van der Waals surface area contributed by atoms with E-state index in [2.05, 4.69) is 40.0 Å². The van der Waals surface area contributed by atoms with Gasteiger partial charge in [-0.1, -0.05) is 13.8 Å². The average molecular weight is 332 g/mol. The first-order chi connectivity index (χ1) is 8.79. The van der Waals surface area contributed by atoms with Crippen molar-refractivity contribution in [3.05, 3.63) is 22.4 Å². The largest absolute Gasteiger partial charge is 0.397 e. The highest BCUT2D eigenvalue weighted by Crippen LogP contribution is 2.27. The van der Waals surface area contributed by atoms with Crippen molar-refractivity contribution in [2.24, 2.45) is 5.92 Å². The van der Waals surface area contributed by atoms with Gasteiger partial charge in [0, 0.05) is 18.7 Å². The predicted molar refractivity (Wildman–Crippen MR) is 83.9 cm³/mol. The SMILES string of the molecule is CC(C)CC(CN(C)C)Nc1cc(Br)c(F)cc1N. The molecule has 3 N–H and O–H groups in total. The van der Waals surface area contributed by atoms with Crippen LogP contribution in [0.15, 0.2) is 16.6 Å². The van der Waals surface area contributed by atoms with Crippen LogP contribution in [0.1, 0.15) is 20.3 Å². The van der Waals surface area contributed by atoms with E-state index in [4.69, 9.17) is 5.73 Å². The van der Waals surface area contributed by atoms with Crippen LogP contribution < -0.4 is 11.1 Å². The summed E-state index contributed by atoms with van der Waals surface area (Å²) in [6.45, 7) is 5.29. The Hall–Kier alpha value is -0.810. The van der Waals surface area contributed by atoms with E-state index in [0.29, 0.717) is 16.1 Å². The Morgan fingerprint density at radius 1 is 1.37 bits per heavy atom. The molecule has 0 aliphatic heterocycles. The van der Waals surface area contributed by atoms with Gasteiger partial charge in [-0.15, -0.1) is 0 Å². The molecule has 0 radical (unpaired) electrons. The van der Waals surface area contributed by atoms with Gasteiger partial charge in [0.05, 0.1) is 15.8 Å². The quantitative estimate of drug-likeness (QED) is 0.783. The van der Waals surface area contributed by atoms with Crippen LogP contribution >= 0.6 is 15.9 Å². The summed E-state index contributed by atoms with van der Waals surface area (Å²) in [7, 11) is 4.08. The normalized spacial score (nSPS) is 13.1. The minimum Gasteiger partial charge on any atom is -0.397 e. The van der Waals surface area contributed by atoms with Gasteiger partial charge in [-0.25, -0.2) is 4.39 Å². The zero-order valence-corrected chi connectivity index (χ0v) is 13.6. The van der Waals surface area contributed by atoms with Gasteiger partial charge in [0.25, 0.3) is 0 Å². The molecule has 5 heteroatoms. The summed E-state index contributed by atoms with van der Waals surface area (Å²) in [5, 5.41) is 3.41. The highest BCUT2D eigenvalue weighted by molar-refractivity contribution is 9.10. The fourth-order valence-corrected chi connectivity index (χ4v) is 2.44. The zero-order valence-electron chi connectivity index (χ0n) is 12.0. The summed E-state index contributed by atoms with van der Waals surface area (Å²) < 4.78 is 13.8. The van der Waals surface area contributed by atoms with Gasteiger partial charge < -0.3 is 16.0 Å². The number of likely N-dealkylation sites (N-methyl/N-ethyl adjacent to an activating group) is 1. The molecular weight excluding hydrogens is 309 g/mol. The van der Waals surface area contributed by atoms with E-state index >= 15 is 0 Å². The monoisotopic (exact) mass is 331 g/mol. The molecule has 0 saturated carbocycles. The van der Waals surface area contributed by atoms with Gasteiger partial charge in [0.1, 0.15) is 5.82 Å². The fourth-order valence-electron chi connectivity index (χ4n) is 2.10. The van der Waals surface area contributed by atoms with Gasteiger partial charge in [0.2, 0.25) is 0 Å². The van der Waals surface area contributed by atoms with Crippen LogP contribution in [-0.2, 0) is 0 Å². The number of nitrogens with zero attached hydrogens (tertiary/aromatic N) is 1. The topological polar surface area (TPSA) is 41.3 Å². The van der Waals surface area contributed by atoms with Gasteiger partial charge in [-0.2, -0.15) is 0 Å². The molecular formula is C14H23BrFN3. The Labute approximate surface area is 123 Å². The van der Waals surface area contributed by atoms with Crippen LogP contribution in [0.4, 0.5) is 15.8 Å². The third-order valence-corrected chi connectivity index (χ3v) is 3.40. The van der Waals surface area contributed by atoms with E-state index in [1.54, 1.807) is 6.07 Å². The number of benzene rings is 1. The molecule has 0 aliphatic rings. The van der Waals surface area contributed by atoms with Crippen LogP contribution in [0.25, 0.3) is 0 Å². The van der Waals surface area contributed by atoms with E-state index in [1.165, 1.54) is 6.07 Å². The molecule has 0 bridgehead atoms. The van der Waals surface area contributed by atoms with Gasteiger partial charge >= 0.3 is 0 Å². The first-order valence-electron chi connectivity index (χ1n) is 6.45. The first-order valence-corrected chi connectivity index (χ1v) is 7.24. The van der Waals surface area contributed by atoms with Gasteiger partial charge in [0.15, 0.2) is 0 Å². The lowest BCUT2D eigenvalue weighted by atomic mass is 10.0. The summed E-state index contributed by atoms with van der Waals surface area (Å²) in [5.74, 6) is 0.249. The molecule has 0 heterocycles. The summed E-state index contributed by atoms with van der Waals surface area (Å²) in [4.78, 5) is 2.13. The maximum Gasteiger partial charge on any atom is 0.139 e. The maximum atomic E-state index is 13.4. The molecule has 0 aromatic heterocycles. The number of hydrogen-bond acceptors (Lipinski definition) is 3. The summed E-state index contributed by atoms with van der Waals surface area (Å²) >= 11 is 3.19. The van der Waals surface area contributed by atoms with Crippen molar-refractivity contribution in [3.8, 4) is 0 Å². The molecule has 1 aromatic carbocycles. The van der Waals surface area contributed by atoms with Crippen LogP contribution in [-0.4, -0.2) is 31.6 Å². The van der Waals surface area contributed by atoms with Crippen molar-refractivity contribution in [1.29, 1.82) is 0 Å². The highest BCUT2D eigenvalue weighted by Gasteiger charge is 2.14. The van der Waals surface area contributed by atoms with Crippen molar-refractivity contribution in [3.63, 3.8) is 0 Å². The maximum absolute atomic E-state index is 13.4. The zero-order chi connectivity index (χ0) is 14.6. The van der Waals surface area contributed by atoms with Crippen molar-refractivity contribution in [2.75, 3.05) is 31.7 Å². The second-order valence-corrected chi connectivity index (χ2v) is 6.44. The summed E-state index contributed by atoms with van der Waals surface area (Å²) in [6.07, 6.45) is 1.03. The number of nitrogens with two attached hydrogens (primary N) is 1. The summed E-state index contributed by atoms with van der Waals surface area (Å²) in [6, 6.07) is 3.33. The lowest BCUT2D eigenvalue weighted by molar-refractivity contribution is 0.356. The van der Waals surface area contributed by atoms with E-state index < -0.39 is 0 Å². The average Bonchev–Trinajstić information content (AvgIpc) is 2.23. The van der Waals surface area contributed by atoms with Crippen LogP contribution in [0.5, 0.6) is 0 Å². The molecule has 108 valence electrons. The Morgan fingerprint density at radius 3 is 2.53 bits per heavy atom. The number of nitrogen functional groups attached to an aromatic ring is 1. The van der Waals surface area contributed by atoms with E-state index in [9.17, 15) is 4.39 Å². The van der Waals surface area contributed by atoms with E-state index in [1.807, 2.05) is 14.1 Å². The highest BCUT2D eigenvalue weighted by atomic mass is 79.9. The molecule has 19 heavy (non-hydrogen) atoms. The minimum absolute atomic E-state index is 0.287. The Morgan fingerprint density at radius 2 is 2.00 bits per heavy atom. The standard InChI is InChI=1S/C14H23BrFN3/c1-9(2)5-10(8-19(3)4)18-14-6-11(15)12(16)7-13(14)17/h6-7,9-10,18H,5,8,17H2,1-4H3. The van der Waals surface area contributed by atoms with Crippen molar-refractivity contribution in [1.82, 2.24) is 4.90 Å². The van der Waals surface area contributed by atoms with Crippen LogP contribution in [0.3, 0.4) is 0 Å². The third-order valence-electron chi connectivity index (χ3n) is 2.79. The van der Waals surface area contributed by atoms with Crippen molar-refractivity contribution >= 4 is 27.3 Å². The molecule has 1 aromatic rings. The Kier molecular flexibility index (Phi) is 6.07. The van der Waals surface area contributed by atoms with Crippen molar-refractivity contribution < 1.29 is 4.39 Å². The third kappa shape index (κ3) is 5.37. The van der Waals surface area contributed by atoms with E-state index in [-0.39, 0.29) is 11.9 Å². The fraction of sp³-hybridized carbons (Fsp3) is 0.571. The first kappa shape index (κ1) is 16.2. The molecule has 0 aliphatic carbocycles. The molecule has 1 atom stereocenters. The molecule has 0 saturated heterocycles. The molecule has 0 fully saturated rings. The molecule has 0 amide bonds. The number of rotatable bonds is 6. The number of hydrogen-bond donors (Lipinski definition) is 2. The minimum atomic E-state index is -0.337. The molecule has 3 nitrogen and oxygen atoms in total. The molecule has 1 rings (SSSR count). The second kappa shape index (κ2) is 7.10. The lowest BCUT2D eigenvalue weighted by Crippen LogP contribution is -2.33. The number of halogens is 2. The number of nitrogens with one attached hydrogen (secondary N) is 1. The second-order valence-electron chi connectivity index (χ2n) is 5.59. The Bertz CT molecular complexity index is 411. The number of anilines is 2. The van der Waals surface area contributed by atoms with Gasteiger partial charge in [-0.3, -0.25) is 0 Å².